The quantitative estimate of drug-likeness (QED) is 0.0343. The molecular formula is C45H81N7O18. The van der Waals surface area contributed by atoms with E-state index in [0.717, 1.165) is 0 Å². The van der Waals surface area contributed by atoms with Crippen molar-refractivity contribution in [1.82, 2.24) is 35.6 Å². The molecule has 0 atom stereocenters. The van der Waals surface area contributed by atoms with Crippen LogP contribution in [0, 0.1) is 0 Å². The Morgan fingerprint density at radius 1 is 0.271 bits per heavy atom. The van der Waals surface area contributed by atoms with E-state index in [1.165, 1.54) is 42.7 Å². The second-order valence-corrected chi connectivity index (χ2v) is 15.5. The number of hydrogen-bond donors (Lipinski definition) is 3. The van der Waals surface area contributed by atoms with Crippen LogP contribution in [0.15, 0.2) is 0 Å². The van der Waals surface area contributed by atoms with Crippen molar-refractivity contribution in [1.29, 1.82) is 0 Å². The molecule has 404 valence electrons. The maximum Gasteiger partial charge on any atom is 0.306 e. The molecule has 0 aliphatic heterocycles. The lowest BCUT2D eigenvalue weighted by atomic mass is 10.3. The minimum absolute atomic E-state index is 0.110. The Labute approximate surface area is 412 Å². The lowest BCUT2D eigenvalue weighted by Gasteiger charge is -2.22. The van der Waals surface area contributed by atoms with Crippen LogP contribution in [0.1, 0.15) is 57.8 Å². The van der Waals surface area contributed by atoms with E-state index in [9.17, 15) is 43.2 Å². The molecule has 0 saturated heterocycles. The average Bonchev–Trinajstić information content (AvgIpc) is 3.36. The molecule has 0 aliphatic rings. The Morgan fingerprint density at radius 3 is 0.671 bits per heavy atom. The monoisotopic (exact) mass is 1010 g/mol. The van der Waals surface area contributed by atoms with Gasteiger partial charge < -0.3 is 73.3 Å². The Balaban J connectivity index is 5.02. The highest BCUT2D eigenvalue weighted by Crippen LogP contribution is 2.01. The lowest BCUT2D eigenvalue weighted by Crippen LogP contribution is -2.38. The third-order valence-electron chi connectivity index (χ3n) is 10.5. The van der Waals surface area contributed by atoms with Crippen LogP contribution in [0.4, 0.5) is 0 Å². The molecule has 0 aromatic heterocycles. The molecule has 0 aromatic carbocycles. The molecule has 0 rings (SSSR count). The summed E-state index contributed by atoms with van der Waals surface area (Å²) in [4.78, 5) is 115. The Kier molecular flexibility index (Phi) is 40.8. The maximum absolute atomic E-state index is 12.5. The van der Waals surface area contributed by atoms with Crippen LogP contribution in [0.25, 0.3) is 0 Å². The molecule has 25 heteroatoms. The van der Waals surface area contributed by atoms with E-state index >= 15 is 0 Å². The summed E-state index contributed by atoms with van der Waals surface area (Å²) in [5.74, 6) is -2.97. The van der Waals surface area contributed by atoms with Gasteiger partial charge in [-0.25, -0.2) is 0 Å². The Morgan fingerprint density at radius 2 is 0.471 bits per heavy atom. The van der Waals surface area contributed by atoms with Crippen molar-refractivity contribution in [2.75, 3.05) is 180 Å². The number of carbonyl (C=O) groups is 9. The van der Waals surface area contributed by atoms with Crippen LogP contribution in [0.3, 0.4) is 0 Å². The van der Waals surface area contributed by atoms with Crippen LogP contribution in [-0.4, -0.2) is 254 Å². The number of rotatable bonds is 45. The molecular weight excluding hydrogens is 927 g/mol. The third kappa shape index (κ3) is 38.8. The molecule has 70 heavy (non-hydrogen) atoms. The SMILES string of the molecule is COC(=O)CCN(CCNC(=O)CCOCCN(CCOCCC(=O)NCCN(CCC(=O)OC)CCC(=O)OC)CCOCCC(=O)NCCN(CCC(=O)OC)CCC(=O)OC)CCC(=O)OC. The first-order valence-electron chi connectivity index (χ1n) is 23.5. The predicted octanol–water partition coefficient (Wildman–Crippen LogP) is -1.86. The number of methoxy groups -OCH3 is 6. The fourth-order valence-corrected chi connectivity index (χ4v) is 6.16. The molecule has 0 fully saturated rings. The van der Waals surface area contributed by atoms with Gasteiger partial charge in [-0.05, 0) is 0 Å². The van der Waals surface area contributed by atoms with Gasteiger partial charge in [-0.2, -0.15) is 0 Å². The highest BCUT2D eigenvalue weighted by molar-refractivity contribution is 5.77. The first kappa shape index (κ1) is 65.0. The van der Waals surface area contributed by atoms with E-state index in [4.69, 9.17) is 42.6 Å². The largest absolute Gasteiger partial charge is 0.469 e. The minimum atomic E-state index is -0.382. The number of esters is 6. The summed E-state index contributed by atoms with van der Waals surface area (Å²) in [6, 6.07) is 0. The van der Waals surface area contributed by atoms with E-state index in [0.29, 0.717) is 118 Å². The molecule has 3 amide bonds. The highest BCUT2D eigenvalue weighted by Gasteiger charge is 2.16. The minimum Gasteiger partial charge on any atom is -0.469 e. The zero-order valence-corrected chi connectivity index (χ0v) is 42.4. The molecule has 0 saturated carbocycles. The first-order valence-corrected chi connectivity index (χ1v) is 23.5. The Hall–Kier alpha value is -5.05. The number of nitrogens with one attached hydrogen (secondary N) is 3. The second kappa shape index (κ2) is 43.9. The zero-order chi connectivity index (χ0) is 52.2. The molecule has 25 nitrogen and oxygen atoms in total. The molecule has 0 heterocycles. The smallest absolute Gasteiger partial charge is 0.306 e. The standard InChI is InChI=1S/C45H81N7O18/c1-62-40(56)7-19-49(20-8-41(57)63-2)25-16-46-37(53)13-31-68-34-28-52(29-35-69-32-14-38(54)47-17-26-50(21-9-42(58)64-3)22-10-43(59)65-4)30-36-70-33-15-39(55)48-18-27-51(23-11-44(60)66-5)24-12-45(61)67-6/h7-36H2,1-6H3,(H,46,53)(H,47,54)(H,48,55). The van der Waals surface area contributed by atoms with Gasteiger partial charge in [-0.1, -0.05) is 0 Å². The summed E-state index contributed by atoms with van der Waals surface area (Å²) in [5, 5.41) is 8.48. The molecule has 0 unspecified atom stereocenters. The van der Waals surface area contributed by atoms with Crippen molar-refractivity contribution in [3.8, 4) is 0 Å². The van der Waals surface area contributed by atoms with Gasteiger partial charge in [0.25, 0.3) is 0 Å². The van der Waals surface area contributed by atoms with Crippen LogP contribution < -0.4 is 16.0 Å². The number of hydrogen-bond acceptors (Lipinski definition) is 22. The van der Waals surface area contributed by atoms with Gasteiger partial charge in [0, 0.05) is 117 Å². The van der Waals surface area contributed by atoms with E-state index in [2.05, 4.69) is 16.0 Å². The Bertz CT molecular complexity index is 1280. The first-order chi connectivity index (χ1) is 33.7. The van der Waals surface area contributed by atoms with Crippen molar-refractivity contribution in [3.05, 3.63) is 0 Å². The van der Waals surface area contributed by atoms with Crippen LogP contribution in [0.2, 0.25) is 0 Å². The van der Waals surface area contributed by atoms with E-state index in [1.807, 2.05) is 19.6 Å². The van der Waals surface area contributed by atoms with Gasteiger partial charge in [0.05, 0.1) is 121 Å². The van der Waals surface area contributed by atoms with Gasteiger partial charge in [0.2, 0.25) is 17.7 Å². The molecule has 0 bridgehead atoms. The third-order valence-corrected chi connectivity index (χ3v) is 10.5. The predicted molar refractivity (Wildman–Crippen MR) is 251 cm³/mol. The van der Waals surface area contributed by atoms with Crippen LogP contribution in [-0.2, 0) is 85.8 Å². The van der Waals surface area contributed by atoms with Crippen molar-refractivity contribution >= 4 is 53.5 Å². The normalized spacial score (nSPS) is 11.1. The molecule has 0 radical (unpaired) electrons. The molecule has 0 aliphatic carbocycles. The number of amides is 3. The van der Waals surface area contributed by atoms with Crippen molar-refractivity contribution in [3.63, 3.8) is 0 Å². The maximum atomic E-state index is 12.5. The zero-order valence-electron chi connectivity index (χ0n) is 42.4. The second-order valence-electron chi connectivity index (χ2n) is 15.5. The van der Waals surface area contributed by atoms with Crippen LogP contribution >= 0.6 is 0 Å². The summed E-state index contributed by atoms with van der Waals surface area (Å²) >= 11 is 0. The lowest BCUT2D eigenvalue weighted by molar-refractivity contribution is -0.142. The highest BCUT2D eigenvalue weighted by atomic mass is 16.5. The average molecular weight is 1010 g/mol. The fraction of sp³-hybridized carbons (Fsp3) is 0.800. The summed E-state index contributed by atoms with van der Waals surface area (Å²) in [7, 11) is 7.80. The summed E-state index contributed by atoms with van der Waals surface area (Å²) in [6.07, 6.45) is 1.15. The fourth-order valence-electron chi connectivity index (χ4n) is 6.16. The number of carbonyl (C=O) groups excluding carboxylic acids is 9. The topological polar surface area (TPSA) is 286 Å². The van der Waals surface area contributed by atoms with Crippen molar-refractivity contribution in [2.24, 2.45) is 0 Å². The van der Waals surface area contributed by atoms with Gasteiger partial charge >= 0.3 is 35.8 Å². The van der Waals surface area contributed by atoms with Crippen molar-refractivity contribution < 1.29 is 85.8 Å². The van der Waals surface area contributed by atoms with Crippen molar-refractivity contribution in [2.45, 2.75) is 57.8 Å². The molecule has 3 N–H and O–H groups in total. The molecule has 0 aromatic rings. The van der Waals surface area contributed by atoms with Gasteiger partial charge in [-0.3, -0.25) is 48.1 Å². The van der Waals surface area contributed by atoms with E-state index in [1.54, 1.807) is 0 Å². The van der Waals surface area contributed by atoms with Gasteiger partial charge in [0.1, 0.15) is 0 Å². The van der Waals surface area contributed by atoms with Gasteiger partial charge in [0.15, 0.2) is 0 Å². The summed E-state index contributed by atoms with van der Waals surface area (Å²) in [5.41, 5.74) is 0. The molecule has 0 spiro atoms. The van der Waals surface area contributed by atoms with E-state index in [-0.39, 0.29) is 131 Å². The number of nitrogens with zero attached hydrogens (tertiary/aromatic N) is 4. The van der Waals surface area contributed by atoms with E-state index < -0.39 is 0 Å². The van der Waals surface area contributed by atoms with Crippen LogP contribution in [0.5, 0.6) is 0 Å². The van der Waals surface area contributed by atoms with Gasteiger partial charge in [-0.15, -0.1) is 0 Å². The summed E-state index contributed by atoms with van der Waals surface area (Å²) in [6.45, 7) is 6.98. The summed E-state index contributed by atoms with van der Waals surface area (Å²) < 4.78 is 45.5. The number of ether oxygens (including phenoxy) is 9.